The van der Waals surface area contributed by atoms with E-state index < -0.39 is 10.1 Å². The van der Waals surface area contributed by atoms with E-state index in [1.165, 1.54) is 18.9 Å². The Morgan fingerprint density at radius 1 is 1.12 bits per heavy atom. The molecule has 0 amide bonds. The van der Waals surface area contributed by atoms with E-state index in [1.54, 1.807) is 6.07 Å². The number of benzene rings is 1. The van der Waals surface area contributed by atoms with E-state index in [9.17, 15) is 13.0 Å². The first-order chi connectivity index (χ1) is 11.3. The molecule has 0 aliphatic rings. The predicted molar refractivity (Wildman–Crippen MR) is 96.3 cm³/mol. The molecule has 1 aromatic rings. The molecule has 0 heterocycles. The first kappa shape index (κ1) is 21.1. The summed E-state index contributed by atoms with van der Waals surface area (Å²) in [6, 6.07) is 4.91. The van der Waals surface area contributed by atoms with Crippen molar-refractivity contribution in [1.29, 1.82) is 0 Å². The third-order valence-corrected chi connectivity index (χ3v) is 5.13. The van der Waals surface area contributed by atoms with Crippen molar-refractivity contribution in [3.63, 3.8) is 0 Å². The summed E-state index contributed by atoms with van der Waals surface area (Å²) in [5.74, 6) is 0. The molecule has 0 radical (unpaired) electrons. The van der Waals surface area contributed by atoms with Crippen LogP contribution in [0.1, 0.15) is 69.9 Å². The number of hydrogen-bond donors (Lipinski definition) is 0. The molecule has 5 heteroatoms. The van der Waals surface area contributed by atoms with Crippen LogP contribution in [0.25, 0.3) is 0 Å². The minimum Gasteiger partial charge on any atom is -0.744 e. The predicted octanol–water partition coefficient (Wildman–Crippen LogP) is 4.60. The smallest absolute Gasteiger partial charge is 0.124 e. The van der Waals surface area contributed by atoms with Crippen molar-refractivity contribution in [3.8, 4) is 0 Å². The maximum absolute atomic E-state index is 11.3. The summed E-state index contributed by atoms with van der Waals surface area (Å²) in [6.07, 6.45) is 8.42. The molecule has 0 bridgehead atoms. The lowest BCUT2D eigenvalue weighted by Gasteiger charge is -2.14. The molecule has 1 aromatic carbocycles. The summed E-state index contributed by atoms with van der Waals surface area (Å²) in [6.45, 7) is 7.03. The quantitative estimate of drug-likeness (QED) is 0.406. The zero-order valence-corrected chi connectivity index (χ0v) is 16.0. The SMILES string of the molecule is CCCCCOC(C)CCCCCc1cc(C)ccc1S(=O)(=O)[O-]. The Balaban J connectivity index is 2.32. The van der Waals surface area contributed by atoms with Gasteiger partial charge in [-0.05, 0) is 51.2 Å². The number of hydrogen-bond acceptors (Lipinski definition) is 4. The van der Waals surface area contributed by atoms with Gasteiger partial charge in [-0.25, -0.2) is 8.42 Å². The van der Waals surface area contributed by atoms with E-state index in [4.69, 9.17) is 4.74 Å². The maximum Gasteiger partial charge on any atom is 0.124 e. The minimum atomic E-state index is -4.39. The molecule has 0 spiro atoms. The summed E-state index contributed by atoms with van der Waals surface area (Å²) in [5, 5.41) is 0. The first-order valence-electron chi connectivity index (χ1n) is 9.01. The van der Waals surface area contributed by atoms with Gasteiger partial charge < -0.3 is 9.29 Å². The number of ether oxygens (including phenoxy) is 1. The van der Waals surface area contributed by atoms with E-state index >= 15 is 0 Å². The Morgan fingerprint density at radius 2 is 1.88 bits per heavy atom. The number of rotatable bonds is 12. The third-order valence-electron chi connectivity index (χ3n) is 4.19. The fraction of sp³-hybridized carbons (Fsp3) is 0.684. The molecule has 0 saturated heterocycles. The van der Waals surface area contributed by atoms with Crippen LogP contribution >= 0.6 is 0 Å². The standard InChI is InChI=1S/C19H32O4S/c1-4-5-9-14-23-17(3)10-7-6-8-11-18-15-16(2)12-13-19(18)24(20,21)22/h12-13,15,17H,4-11,14H2,1-3H3,(H,20,21,22)/p-1. The number of aryl methyl sites for hydroxylation is 2. The van der Waals surface area contributed by atoms with Crippen LogP contribution in [0, 0.1) is 6.92 Å². The molecule has 1 unspecified atom stereocenters. The van der Waals surface area contributed by atoms with Crippen LogP contribution in [0.5, 0.6) is 0 Å². The molecule has 0 N–H and O–H groups in total. The van der Waals surface area contributed by atoms with Crippen molar-refractivity contribution in [2.75, 3.05) is 6.61 Å². The van der Waals surface area contributed by atoms with Crippen LogP contribution in [-0.4, -0.2) is 25.7 Å². The van der Waals surface area contributed by atoms with Gasteiger partial charge in [0.25, 0.3) is 0 Å². The van der Waals surface area contributed by atoms with Crippen LogP contribution < -0.4 is 0 Å². The van der Waals surface area contributed by atoms with Crippen LogP contribution in [0.2, 0.25) is 0 Å². The second kappa shape index (κ2) is 10.9. The zero-order chi connectivity index (χ0) is 18.0. The second-order valence-electron chi connectivity index (χ2n) is 6.55. The van der Waals surface area contributed by atoms with Crippen LogP contribution in [-0.2, 0) is 21.3 Å². The fourth-order valence-corrected chi connectivity index (χ4v) is 3.51. The van der Waals surface area contributed by atoms with Gasteiger partial charge in [-0.2, -0.15) is 0 Å². The van der Waals surface area contributed by atoms with Crippen molar-refractivity contribution < 1.29 is 17.7 Å². The molecule has 0 fully saturated rings. The Labute approximate surface area is 147 Å². The molecule has 0 aromatic heterocycles. The summed E-state index contributed by atoms with van der Waals surface area (Å²) < 4.78 is 39.7. The van der Waals surface area contributed by atoms with Crippen LogP contribution in [0.3, 0.4) is 0 Å². The Hall–Kier alpha value is -0.910. The van der Waals surface area contributed by atoms with Gasteiger partial charge in [-0.3, -0.25) is 0 Å². The second-order valence-corrected chi connectivity index (χ2v) is 7.90. The average Bonchev–Trinajstić information content (AvgIpc) is 2.50. The Morgan fingerprint density at radius 3 is 2.54 bits per heavy atom. The molecule has 0 aliphatic heterocycles. The lowest BCUT2D eigenvalue weighted by Crippen LogP contribution is -2.09. The van der Waals surface area contributed by atoms with Crippen LogP contribution in [0.15, 0.2) is 23.1 Å². The largest absolute Gasteiger partial charge is 0.744 e. The molecular formula is C19H31O4S-. The van der Waals surface area contributed by atoms with Crippen molar-refractivity contribution in [2.45, 2.75) is 83.1 Å². The molecular weight excluding hydrogens is 324 g/mol. The number of unbranched alkanes of at least 4 members (excludes halogenated alkanes) is 4. The topological polar surface area (TPSA) is 66.4 Å². The molecule has 1 atom stereocenters. The Bertz CT molecular complexity index is 581. The first-order valence-corrected chi connectivity index (χ1v) is 10.4. The van der Waals surface area contributed by atoms with Gasteiger partial charge in [0.1, 0.15) is 10.1 Å². The van der Waals surface area contributed by atoms with Gasteiger partial charge in [0.2, 0.25) is 0 Å². The van der Waals surface area contributed by atoms with Gasteiger partial charge in [-0.15, -0.1) is 0 Å². The maximum atomic E-state index is 11.3. The van der Waals surface area contributed by atoms with E-state index in [0.717, 1.165) is 44.3 Å². The highest BCUT2D eigenvalue weighted by atomic mass is 32.2. The average molecular weight is 356 g/mol. The van der Waals surface area contributed by atoms with Crippen molar-refractivity contribution in [2.24, 2.45) is 0 Å². The summed E-state index contributed by atoms with van der Waals surface area (Å²) in [5.41, 5.74) is 1.63. The third kappa shape index (κ3) is 8.27. The van der Waals surface area contributed by atoms with Gasteiger partial charge >= 0.3 is 0 Å². The molecule has 138 valence electrons. The normalized spacial score (nSPS) is 13.2. The van der Waals surface area contributed by atoms with Crippen LogP contribution in [0.4, 0.5) is 0 Å². The molecule has 1 rings (SSSR count). The monoisotopic (exact) mass is 355 g/mol. The highest BCUT2D eigenvalue weighted by Crippen LogP contribution is 2.20. The summed E-state index contributed by atoms with van der Waals surface area (Å²) in [4.78, 5) is -0.0688. The lowest BCUT2D eigenvalue weighted by atomic mass is 10.0. The molecule has 4 nitrogen and oxygen atoms in total. The van der Waals surface area contributed by atoms with Gasteiger partial charge in [0, 0.05) is 6.61 Å². The minimum absolute atomic E-state index is 0.0688. The Kier molecular flexibility index (Phi) is 9.56. The molecule has 0 saturated carbocycles. The fourth-order valence-electron chi connectivity index (χ4n) is 2.79. The van der Waals surface area contributed by atoms with Gasteiger partial charge in [0.05, 0.1) is 11.0 Å². The highest BCUT2D eigenvalue weighted by molar-refractivity contribution is 7.85. The van der Waals surface area contributed by atoms with Crippen molar-refractivity contribution in [1.82, 2.24) is 0 Å². The summed E-state index contributed by atoms with van der Waals surface area (Å²) in [7, 11) is -4.39. The lowest BCUT2D eigenvalue weighted by molar-refractivity contribution is 0.0559. The van der Waals surface area contributed by atoms with Gasteiger partial charge in [0.15, 0.2) is 0 Å². The van der Waals surface area contributed by atoms with E-state index in [2.05, 4.69) is 13.8 Å². The van der Waals surface area contributed by atoms with Crippen molar-refractivity contribution in [3.05, 3.63) is 29.3 Å². The summed E-state index contributed by atoms with van der Waals surface area (Å²) >= 11 is 0. The zero-order valence-electron chi connectivity index (χ0n) is 15.2. The van der Waals surface area contributed by atoms with E-state index in [-0.39, 0.29) is 11.0 Å². The molecule has 24 heavy (non-hydrogen) atoms. The van der Waals surface area contributed by atoms with Crippen molar-refractivity contribution >= 4 is 10.1 Å². The molecule has 0 aliphatic carbocycles. The van der Waals surface area contributed by atoms with Gasteiger partial charge in [-0.1, -0.05) is 50.3 Å². The van der Waals surface area contributed by atoms with E-state index in [1.807, 2.05) is 13.0 Å². The highest BCUT2D eigenvalue weighted by Gasteiger charge is 2.09. The van der Waals surface area contributed by atoms with E-state index in [0.29, 0.717) is 12.0 Å².